The molecule has 0 saturated heterocycles. The van der Waals surface area contributed by atoms with E-state index in [2.05, 4.69) is 10.2 Å². The summed E-state index contributed by atoms with van der Waals surface area (Å²) in [5, 5.41) is 8.52. The molecule has 0 aliphatic rings. The van der Waals surface area contributed by atoms with Crippen LogP contribution in [0.5, 0.6) is 0 Å². The molecule has 0 unspecified atom stereocenters. The van der Waals surface area contributed by atoms with E-state index < -0.39 is 0 Å². The van der Waals surface area contributed by atoms with Crippen LogP contribution in [-0.4, -0.2) is 31.5 Å². The van der Waals surface area contributed by atoms with Crippen molar-refractivity contribution in [3.8, 4) is 0 Å². The topological polar surface area (TPSA) is 88.2 Å². The van der Waals surface area contributed by atoms with Gasteiger partial charge in [-0.1, -0.05) is 18.2 Å². The lowest BCUT2D eigenvalue weighted by atomic mass is 10.1. The Balaban J connectivity index is 1.48. The van der Waals surface area contributed by atoms with E-state index in [4.69, 9.17) is 9.47 Å². The average molecular weight is 410 g/mol. The lowest BCUT2D eigenvalue weighted by Gasteiger charge is -2.09. The van der Waals surface area contributed by atoms with E-state index in [1.807, 2.05) is 64.1 Å². The number of rotatable bonds is 8. The largest absolute Gasteiger partial charge is 0.459 e. The van der Waals surface area contributed by atoms with Gasteiger partial charge in [0, 0.05) is 11.4 Å². The van der Waals surface area contributed by atoms with Crippen LogP contribution in [-0.2, 0) is 45.4 Å². The Morgan fingerprint density at radius 1 is 0.767 bits per heavy atom. The minimum Gasteiger partial charge on any atom is -0.459 e. The zero-order valence-electron chi connectivity index (χ0n) is 17.7. The third kappa shape index (κ3) is 5.79. The molecule has 2 aromatic heterocycles. The lowest BCUT2D eigenvalue weighted by molar-refractivity contribution is -0.146. The number of benzene rings is 1. The van der Waals surface area contributed by atoms with Gasteiger partial charge < -0.3 is 9.47 Å². The summed E-state index contributed by atoms with van der Waals surface area (Å²) in [6.07, 6.45) is 0. The van der Waals surface area contributed by atoms with Crippen LogP contribution in [0.15, 0.2) is 36.4 Å². The highest BCUT2D eigenvalue weighted by molar-refractivity contribution is 5.69. The minimum atomic E-state index is -0.358. The molecule has 0 atom stereocenters. The van der Waals surface area contributed by atoms with Gasteiger partial charge in [-0.2, -0.15) is 10.2 Å². The summed E-state index contributed by atoms with van der Waals surface area (Å²) in [5.74, 6) is -0.717. The normalized spacial score (nSPS) is 10.8. The molecule has 8 nitrogen and oxygen atoms in total. The molecule has 0 spiro atoms. The summed E-state index contributed by atoms with van der Waals surface area (Å²) in [4.78, 5) is 24.2. The van der Waals surface area contributed by atoms with Crippen molar-refractivity contribution in [2.45, 2.75) is 54.0 Å². The fraction of sp³-hybridized carbons (Fsp3) is 0.364. The predicted octanol–water partition coefficient (Wildman–Crippen LogP) is 2.80. The second-order valence-electron chi connectivity index (χ2n) is 7.31. The quantitative estimate of drug-likeness (QED) is 0.531. The molecule has 158 valence electrons. The van der Waals surface area contributed by atoms with E-state index >= 15 is 0 Å². The molecule has 0 aliphatic carbocycles. The third-order valence-electron chi connectivity index (χ3n) is 4.56. The first kappa shape index (κ1) is 21.3. The number of hydrogen-bond acceptors (Lipinski definition) is 6. The maximum absolute atomic E-state index is 12.1. The lowest BCUT2D eigenvalue weighted by Crippen LogP contribution is -2.16. The number of carbonyl (C=O) groups excluding carboxylic acids is 2. The molecular formula is C22H26N4O4. The first-order valence-electron chi connectivity index (χ1n) is 9.71. The van der Waals surface area contributed by atoms with Gasteiger partial charge in [-0.3, -0.25) is 19.0 Å². The Kier molecular flexibility index (Phi) is 6.66. The minimum absolute atomic E-state index is 0.0727. The Bertz CT molecular complexity index is 972. The third-order valence-corrected chi connectivity index (χ3v) is 4.56. The van der Waals surface area contributed by atoms with Crippen LogP contribution < -0.4 is 0 Å². The summed E-state index contributed by atoms with van der Waals surface area (Å²) in [7, 11) is 0. The fourth-order valence-corrected chi connectivity index (χ4v) is 3.14. The molecule has 3 aromatic rings. The average Bonchev–Trinajstić information content (AvgIpc) is 3.18. The standard InChI is InChI=1S/C22H26N4O4/c1-15-8-17(3)25(23-15)11-21(27)29-13-19-6-5-7-20(10-19)14-30-22(28)12-26-18(4)9-16(2)24-26/h5-10H,11-14H2,1-4H3. The fourth-order valence-electron chi connectivity index (χ4n) is 3.14. The zero-order valence-corrected chi connectivity index (χ0v) is 17.7. The van der Waals surface area contributed by atoms with Crippen molar-refractivity contribution >= 4 is 11.9 Å². The second kappa shape index (κ2) is 9.39. The molecule has 0 saturated carbocycles. The van der Waals surface area contributed by atoms with Gasteiger partial charge in [-0.05, 0) is 57.0 Å². The maximum atomic E-state index is 12.1. The zero-order chi connectivity index (χ0) is 21.7. The molecule has 2 heterocycles. The number of ether oxygens (including phenoxy) is 2. The van der Waals surface area contributed by atoms with Gasteiger partial charge >= 0.3 is 11.9 Å². The summed E-state index contributed by atoms with van der Waals surface area (Å²) in [5.41, 5.74) is 5.19. The van der Waals surface area contributed by atoms with Crippen LogP contribution in [0.4, 0.5) is 0 Å². The molecule has 0 amide bonds. The molecule has 1 aromatic carbocycles. The van der Waals surface area contributed by atoms with E-state index in [0.29, 0.717) is 0 Å². The molecule has 0 radical (unpaired) electrons. The van der Waals surface area contributed by atoms with Crippen LogP contribution in [0.2, 0.25) is 0 Å². The van der Waals surface area contributed by atoms with Crippen molar-refractivity contribution < 1.29 is 19.1 Å². The van der Waals surface area contributed by atoms with Gasteiger partial charge in [-0.25, -0.2) is 0 Å². The van der Waals surface area contributed by atoms with E-state index in [1.165, 1.54) is 0 Å². The number of esters is 2. The van der Waals surface area contributed by atoms with Gasteiger partial charge in [0.25, 0.3) is 0 Å². The SMILES string of the molecule is Cc1cc(C)n(CC(=O)OCc2cccc(COC(=O)Cn3nc(C)cc3C)c2)n1. The van der Waals surface area contributed by atoms with Crippen molar-refractivity contribution in [3.63, 3.8) is 0 Å². The number of carbonyl (C=O) groups is 2. The number of hydrogen-bond donors (Lipinski definition) is 0. The first-order valence-corrected chi connectivity index (χ1v) is 9.71. The van der Waals surface area contributed by atoms with E-state index in [9.17, 15) is 9.59 Å². The van der Waals surface area contributed by atoms with Gasteiger partial charge in [0.1, 0.15) is 26.3 Å². The highest BCUT2D eigenvalue weighted by atomic mass is 16.5. The Morgan fingerprint density at radius 3 is 1.57 bits per heavy atom. The van der Waals surface area contributed by atoms with Crippen molar-refractivity contribution in [2.75, 3.05) is 0 Å². The second-order valence-corrected chi connectivity index (χ2v) is 7.31. The number of nitrogens with zero attached hydrogens (tertiary/aromatic N) is 4. The molecule has 8 heteroatoms. The summed E-state index contributed by atoms with van der Waals surface area (Å²) in [6, 6.07) is 11.2. The van der Waals surface area contributed by atoms with E-state index in [-0.39, 0.29) is 38.2 Å². The predicted molar refractivity (Wildman–Crippen MR) is 109 cm³/mol. The molecule has 0 N–H and O–H groups in total. The molecule has 3 rings (SSSR count). The number of aryl methyl sites for hydroxylation is 4. The van der Waals surface area contributed by atoms with E-state index in [0.717, 1.165) is 33.9 Å². The number of aromatic nitrogens is 4. The van der Waals surface area contributed by atoms with Crippen LogP contribution in [0.1, 0.15) is 33.9 Å². The molecule has 0 aliphatic heterocycles. The van der Waals surface area contributed by atoms with Crippen LogP contribution >= 0.6 is 0 Å². The highest BCUT2D eigenvalue weighted by Gasteiger charge is 2.10. The van der Waals surface area contributed by atoms with Gasteiger partial charge in [-0.15, -0.1) is 0 Å². The van der Waals surface area contributed by atoms with Crippen LogP contribution in [0.3, 0.4) is 0 Å². The van der Waals surface area contributed by atoms with Gasteiger partial charge in [0.15, 0.2) is 0 Å². The van der Waals surface area contributed by atoms with Crippen molar-refractivity contribution in [1.82, 2.24) is 19.6 Å². The maximum Gasteiger partial charge on any atom is 0.328 e. The molecule has 30 heavy (non-hydrogen) atoms. The Morgan fingerprint density at radius 2 is 1.20 bits per heavy atom. The van der Waals surface area contributed by atoms with Crippen molar-refractivity contribution in [2.24, 2.45) is 0 Å². The van der Waals surface area contributed by atoms with Gasteiger partial charge in [0.05, 0.1) is 11.4 Å². The monoisotopic (exact) mass is 410 g/mol. The first-order chi connectivity index (χ1) is 14.3. The Labute approximate surface area is 175 Å². The van der Waals surface area contributed by atoms with Crippen LogP contribution in [0, 0.1) is 27.7 Å². The van der Waals surface area contributed by atoms with Gasteiger partial charge in [0.2, 0.25) is 0 Å². The van der Waals surface area contributed by atoms with Crippen LogP contribution in [0.25, 0.3) is 0 Å². The summed E-state index contributed by atoms with van der Waals surface area (Å²) < 4.78 is 13.9. The summed E-state index contributed by atoms with van der Waals surface area (Å²) in [6.45, 7) is 7.98. The highest BCUT2D eigenvalue weighted by Crippen LogP contribution is 2.10. The molecule has 0 fully saturated rings. The van der Waals surface area contributed by atoms with Crippen molar-refractivity contribution in [1.29, 1.82) is 0 Å². The summed E-state index contributed by atoms with van der Waals surface area (Å²) >= 11 is 0. The van der Waals surface area contributed by atoms with Crippen molar-refractivity contribution in [3.05, 3.63) is 70.3 Å². The molecular weight excluding hydrogens is 384 g/mol. The smallest absolute Gasteiger partial charge is 0.328 e. The Hall–Kier alpha value is -3.42. The van der Waals surface area contributed by atoms with E-state index in [1.54, 1.807) is 9.36 Å². The molecule has 0 bridgehead atoms.